The molecule has 0 radical (unpaired) electrons. The molecule has 6 nitrogen and oxygen atoms in total. The molecule has 3 N–H and O–H groups in total. The molecule has 0 spiro atoms. The Morgan fingerprint density at radius 3 is 2.69 bits per heavy atom. The Hall–Kier alpha value is -0.580. The van der Waals surface area contributed by atoms with Crippen LogP contribution in [0.5, 0.6) is 5.75 Å². The first kappa shape index (κ1) is 23.5. The monoisotopic (exact) mass is 541 g/mol. The van der Waals surface area contributed by atoms with E-state index in [4.69, 9.17) is 9.47 Å². The first-order valence-corrected chi connectivity index (χ1v) is 9.55. The molecule has 1 heterocycles. The number of rotatable bonds is 7. The molecule has 1 aliphatic heterocycles. The fourth-order valence-electron chi connectivity index (χ4n) is 2.52. The van der Waals surface area contributed by atoms with E-state index in [2.05, 4.69) is 31.6 Å². The molecule has 8 heteroatoms. The Balaban J connectivity index is 0.00000338. The first-order chi connectivity index (χ1) is 12.0. The van der Waals surface area contributed by atoms with E-state index in [9.17, 15) is 5.11 Å². The summed E-state index contributed by atoms with van der Waals surface area (Å²) in [6, 6.07) is 7.79. The SMILES string of the molecule is CCNC(=NCC1(O)CCOCC1)NCC(C)Oc1ccccc1Br.I. The third kappa shape index (κ3) is 7.98. The standard InChI is InChI=1S/C18H28BrN3O3.HI/c1-3-20-17(22-13-18(23)8-10-24-11-9-18)21-12-14(2)25-16-7-5-4-6-15(16)19;/h4-7,14,23H,3,8-13H2,1-2H3,(H2,20,21,22);1H. The summed E-state index contributed by atoms with van der Waals surface area (Å²) in [7, 11) is 0. The lowest BCUT2D eigenvalue weighted by atomic mass is 9.95. The molecule has 0 aromatic heterocycles. The minimum atomic E-state index is -0.766. The molecule has 0 aliphatic carbocycles. The molecule has 1 aromatic rings. The van der Waals surface area contributed by atoms with Crippen molar-refractivity contribution in [2.24, 2.45) is 4.99 Å². The van der Waals surface area contributed by atoms with Crippen LogP contribution in [0.4, 0.5) is 0 Å². The molecule has 1 unspecified atom stereocenters. The summed E-state index contributed by atoms with van der Waals surface area (Å²) in [6.07, 6.45) is 1.21. The zero-order valence-electron chi connectivity index (χ0n) is 15.3. The normalized spacial score (nSPS) is 17.8. The van der Waals surface area contributed by atoms with Gasteiger partial charge in [0.1, 0.15) is 11.9 Å². The second-order valence-electron chi connectivity index (χ2n) is 6.27. The maximum absolute atomic E-state index is 10.5. The molecular formula is C18H29BrIN3O3. The lowest BCUT2D eigenvalue weighted by molar-refractivity contribution is -0.0565. The molecule has 26 heavy (non-hydrogen) atoms. The number of para-hydroxylation sites is 1. The van der Waals surface area contributed by atoms with Crippen molar-refractivity contribution < 1.29 is 14.6 Å². The molecule has 1 saturated heterocycles. The van der Waals surface area contributed by atoms with E-state index >= 15 is 0 Å². The van der Waals surface area contributed by atoms with Crippen LogP contribution in [-0.2, 0) is 4.74 Å². The molecule has 1 aliphatic rings. The first-order valence-electron chi connectivity index (χ1n) is 8.76. The molecule has 2 rings (SSSR count). The Morgan fingerprint density at radius 1 is 1.35 bits per heavy atom. The number of ether oxygens (including phenoxy) is 2. The van der Waals surface area contributed by atoms with Gasteiger partial charge in [-0.15, -0.1) is 24.0 Å². The van der Waals surface area contributed by atoms with Crippen molar-refractivity contribution in [2.75, 3.05) is 32.8 Å². The minimum Gasteiger partial charge on any atom is -0.488 e. The third-order valence-corrected chi connectivity index (χ3v) is 4.68. The quantitative estimate of drug-likeness (QED) is 0.281. The number of halogens is 2. The number of benzene rings is 1. The van der Waals surface area contributed by atoms with Crippen molar-refractivity contribution in [1.29, 1.82) is 0 Å². The summed E-state index contributed by atoms with van der Waals surface area (Å²) >= 11 is 3.49. The Morgan fingerprint density at radius 2 is 2.04 bits per heavy atom. The summed E-state index contributed by atoms with van der Waals surface area (Å²) in [4.78, 5) is 4.53. The van der Waals surface area contributed by atoms with Crippen molar-refractivity contribution in [3.8, 4) is 5.75 Å². The largest absolute Gasteiger partial charge is 0.488 e. The number of aliphatic imine (C=N–C) groups is 1. The van der Waals surface area contributed by atoms with E-state index in [1.807, 2.05) is 38.1 Å². The van der Waals surface area contributed by atoms with Crippen molar-refractivity contribution in [3.05, 3.63) is 28.7 Å². The van der Waals surface area contributed by atoms with Crippen LogP contribution in [0.15, 0.2) is 33.7 Å². The van der Waals surface area contributed by atoms with Crippen LogP contribution in [0.3, 0.4) is 0 Å². The topological polar surface area (TPSA) is 75.1 Å². The van der Waals surface area contributed by atoms with Gasteiger partial charge in [0.25, 0.3) is 0 Å². The van der Waals surface area contributed by atoms with Crippen LogP contribution in [0.1, 0.15) is 26.7 Å². The summed E-state index contributed by atoms with van der Waals surface area (Å²) in [6.45, 7) is 6.93. The van der Waals surface area contributed by atoms with Crippen molar-refractivity contribution in [2.45, 2.75) is 38.4 Å². The average molecular weight is 542 g/mol. The summed E-state index contributed by atoms with van der Waals surface area (Å²) in [5.41, 5.74) is -0.766. The highest BCUT2D eigenvalue weighted by atomic mass is 127. The van der Waals surface area contributed by atoms with E-state index in [1.165, 1.54) is 0 Å². The third-order valence-electron chi connectivity index (χ3n) is 4.02. The van der Waals surface area contributed by atoms with Crippen LogP contribution >= 0.6 is 39.9 Å². The lowest BCUT2D eigenvalue weighted by Gasteiger charge is -2.30. The zero-order chi connectivity index (χ0) is 18.1. The van der Waals surface area contributed by atoms with E-state index in [0.717, 1.165) is 16.8 Å². The number of hydrogen-bond donors (Lipinski definition) is 3. The lowest BCUT2D eigenvalue weighted by Crippen LogP contribution is -2.44. The van der Waals surface area contributed by atoms with E-state index in [-0.39, 0.29) is 30.1 Å². The second kappa shape index (κ2) is 12.0. The van der Waals surface area contributed by atoms with Crippen LogP contribution in [0, 0.1) is 0 Å². The fraction of sp³-hybridized carbons (Fsp3) is 0.611. The Labute approximate surface area is 181 Å². The number of nitrogens with one attached hydrogen (secondary N) is 2. The van der Waals surface area contributed by atoms with Crippen LogP contribution < -0.4 is 15.4 Å². The predicted molar refractivity (Wildman–Crippen MR) is 119 cm³/mol. The number of nitrogens with zero attached hydrogens (tertiary/aromatic N) is 1. The van der Waals surface area contributed by atoms with E-state index < -0.39 is 5.60 Å². The Bertz CT molecular complexity index is 568. The van der Waals surface area contributed by atoms with Crippen molar-refractivity contribution >= 4 is 45.9 Å². The van der Waals surface area contributed by atoms with Crippen molar-refractivity contribution in [3.63, 3.8) is 0 Å². The highest BCUT2D eigenvalue weighted by molar-refractivity contribution is 14.0. The van der Waals surface area contributed by atoms with Gasteiger partial charge in [-0.2, -0.15) is 0 Å². The van der Waals surface area contributed by atoms with Gasteiger partial charge in [-0.1, -0.05) is 12.1 Å². The van der Waals surface area contributed by atoms with Crippen LogP contribution in [0.25, 0.3) is 0 Å². The Kier molecular flexibility index (Phi) is 10.8. The molecule has 1 fully saturated rings. The highest BCUT2D eigenvalue weighted by Gasteiger charge is 2.29. The summed E-state index contributed by atoms with van der Waals surface area (Å²) < 4.78 is 12.2. The molecule has 0 bridgehead atoms. The zero-order valence-corrected chi connectivity index (χ0v) is 19.2. The molecular weight excluding hydrogens is 513 g/mol. The molecule has 0 saturated carbocycles. The van der Waals surface area contributed by atoms with E-state index in [1.54, 1.807) is 0 Å². The van der Waals surface area contributed by atoms with Gasteiger partial charge in [0.15, 0.2) is 5.96 Å². The molecule has 1 atom stereocenters. The number of hydrogen-bond acceptors (Lipinski definition) is 4. The minimum absolute atomic E-state index is 0. The molecule has 148 valence electrons. The van der Waals surface area contributed by atoms with Crippen LogP contribution in [0.2, 0.25) is 0 Å². The van der Waals surface area contributed by atoms with Gasteiger partial charge < -0.3 is 25.2 Å². The maximum Gasteiger partial charge on any atom is 0.191 e. The average Bonchev–Trinajstić information content (AvgIpc) is 2.60. The second-order valence-corrected chi connectivity index (χ2v) is 7.13. The fourth-order valence-corrected chi connectivity index (χ4v) is 2.89. The van der Waals surface area contributed by atoms with E-state index in [0.29, 0.717) is 45.1 Å². The van der Waals surface area contributed by atoms with Gasteiger partial charge in [0, 0.05) is 32.6 Å². The van der Waals surface area contributed by atoms with Gasteiger partial charge in [0.05, 0.1) is 23.2 Å². The van der Waals surface area contributed by atoms with Gasteiger partial charge >= 0.3 is 0 Å². The molecule has 0 amide bonds. The predicted octanol–water partition coefficient (Wildman–Crippen LogP) is 2.93. The van der Waals surface area contributed by atoms with Gasteiger partial charge in [-0.3, -0.25) is 4.99 Å². The van der Waals surface area contributed by atoms with Gasteiger partial charge in [0.2, 0.25) is 0 Å². The van der Waals surface area contributed by atoms with Gasteiger partial charge in [-0.05, 0) is 41.9 Å². The number of aliphatic hydroxyl groups is 1. The molecule has 1 aromatic carbocycles. The van der Waals surface area contributed by atoms with Gasteiger partial charge in [-0.25, -0.2) is 0 Å². The summed E-state index contributed by atoms with van der Waals surface area (Å²) in [5.74, 6) is 1.50. The van der Waals surface area contributed by atoms with Crippen molar-refractivity contribution in [1.82, 2.24) is 10.6 Å². The highest BCUT2D eigenvalue weighted by Crippen LogP contribution is 2.24. The summed E-state index contributed by atoms with van der Waals surface area (Å²) in [5, 5.41) is 17.0. The number of guanidine groups is 1. The smallest absolute Gasteiger partial charge is 0.191 e. The van der Waals surface area contributed by atoms with Crippen LogP contribution in [-0.4, -0.2) is 55.6 Å². The maximum atomic E-state index is 10.5.